The fourth-order valence-electron chi connectivity index (χ4n) is 5.59. The molecule has 10 nitrogen and oxygen atoms in total. The van der Waals surface area contributed by atoms with Crippen LogP contribution in [-0.2, 0) is 35.8 Å². The summed E-state index contributed by atoms with van der Waals surface area (Å²) in [6.07, 6.45) is 3.01. The Balaban J connectivity index is 1.39. The van der Waals surface area contributed by atoms with E-state index in [-0.39, 0.29) is 31.1 Å². The monoisotopic (exact) mass is 532 g/mol. The minimum absolute atomic E-state index is 0.0468. The number of nitriles is 1. The molecular formula is C29H32N4O6. The number of nitrogens with zero attached hydrogens (tertiary/aromatic N) is 4. The lowest BCUT2D eigenvalue weighted by Crippen LogP contribution is -2.43. The van der Waals surface area contributed by atoms with Gasteiger partial charge in [-0.1, -0.05) is 49.6 Å². The van der Waals surface area contributed by atoms with Crippen molar-refractivity contribution in [2.45, 2.75) is 75.8 Å². The van der Waals surface area contributed by atoms with Crippen LogP contribution in [0.25, 0.3) is 5.52 Å². The summed E-state index contributed by atoms with van der Waals surface area (Å²) in [6, 6.07) is 14.6. The van der Waals surface area contributed by atoms with Gasteiger partial charge in [-0.3, -0.25) is 9.59 Å². The number of hydrogen-bond donors (Lipinski definition) is 1. The lowest BCUT2D eigenvalue weighted by Gasteiger charge is -2.25. The Kier molecular flexibility index (Phi) is 7.91. The van der Waals surface area contributed by atoms with E-state index in [4.69, 9.17) is 14.2 Å². The van der Waals surface area contributed by atoms with Crippen molar-refractivity contribution in [1.29, 1.82) is 5.26 Å². The number of aryl methyl sites for hydroxylation is 1. The highest BCUT2D eigenvalue weighted by atomic mass is 16.6. The molecule has 0 amide bonds. The lowest BCUT2D eigenvalue weighted by molar-refractivity contribution is -0.161. The fourth-order valence-corrected chi connectivity index (χ4v) is 5.59. The van der Waals surface area contributed by atoms with Crippen molar-refractivity contribution in [3.63, 3.8) is 0 Å². The molecule has 1 saturated heterocycles. The van der Waals surface area contributed by atoms with Crippen LogP contribution in [0.4, 0.5) is 0 Å². The van der Waals surface area contributed by atoms with Crippen LogP contribution < -0.4 is 0 Å². The molecule has 204 valence electrons. The van der Waals surface area contributed by atoms with Crippen LogP contribution in [0.15, 0.2) is 48.8 Å². The molecule has 0 radical (unpaired) electrons. The Labute approximate surface area is 226 Å². The number of rotatable bonds is 8. The number of carbonyl (C=O) groups excluding carboxylic acids is 2. The molecule has 5 rings (SSSR count). The van der Waals surface area contributed by atoms with E-state index in [9.17, 15) is 20.0 Å². The van der Waals surface area contributed by atoms with Gasteiger partial charge in [-0.2, -0.15) is 10.4 Å². The third-order valence-corrected chi connectivity index (χ3v) is 7.67. The second kappa shape index (κ2) is 11.5. The first-order valence-electron chi connectivity index (χ1n) is 13.4. The summed E-state index contributed by atoms with van der Waals surface area (Å²) in [4.78, 5) is 29.7. The third kappa shape index (κ3) is 5.51. The maximum absolute atomic E-state index is 13.0. The van der Waals surface area contributed by atoms with Gasteiger partial charge in [-0.05, 0) is 43.4 Å². The highest BCUT2D eigenvalue weighted by Crippen LogP contribution is 2.42. The predicted octanol–water partition coefficient (Wildman–Crippen LogP) is 3.18. The number of ether oxygens (including phenoxy) is 3. The molecule has 0 spiro atoms. The predicted molar refractivity (Wildman–Crippen MR) is 138 cm³/mol. The third-order valence-electron chi connectivity index (χ3n) is 7.67. The Bertz CT molecular complexity index is 1360. The first-order valence-corrected chi connectivity index (χ1v) is 13.4. The van der Waals surface area contributed by atoms with Gasteiger partial charge in [0.25, 0.3) is 0 Å². The zero-order valence-corrected chi connectivity index (χ0v) is 21.9. The molecule has 1 aliphatic carbocycles. The van der Waals surface area contributed by atoms with Gasteiger partial charge in [0.15, 0.2) is 6.10 Å². The molecule has 2 aromatic heterocycles. The van der Waals surface area contributed by atoms with E-state index in [1.807, 2.05) is 30.3 Å². The van der Waals surface area contributed by atoms with Crippen LogP contribution in [0.5, 0.6) is 0 Å². The van der Waals surface area contributed by atoms with Gasteiger partial charge in [0.2, 0.25) is 5.60 Å². The number of esters is 2. The summed E-state index contributed by atoms with van der Waals surface area (Å²) < 4.78 is 18.9. The fraction of sp³-hybridized carbons (Fsp3) is 0.483. The summed E-state index contributed by atoms with van der Waals surface area (Å²) in [5.74, 6) is -0.748. The number of carbonyl (C=O) groups is 2. The first kappa shape index (κ1) is 26.8. The molecule has 3 aromatic rings. The Morgan fingerprint density at radius 2 is 1.92 bits per heavy atom. The highest BCUT2D eigenvalue weighted by Gasteiger charge is 2.60. The summed E-state index contributed by atoms with van der Waals surface area (Å²) in [5, 5.41) is 26.1. The molecular weight excluding hydrogens is 500 g/mol. The highest BCUT2D eigenvalue weighted by molar-refractivity contribution is 5.72. The summed E-state index contributed by atoms with van der Waals surface area (Å²) in [5.41, 5.74) is 0.454. The van der Waals surface area contributed by atoms with Gasteiger partial charge < -0.3 is 19.3 Å². The maximum Gasteiger partial charge on any atom is 0.310 e. The van der Waals surface area contributed by atoms with E-state index in [0.29, 0.717) is 11.2 Å². The van der Waals surface area contributed by atoms with E-state index >= 15 is 0 Å². The largest absolute Gasteiger partial charge is 0.463 e. The van der Waals surface area contributed by atoms with Gasteiger partial charge in [0.1, 0.15) is 31.2 Å². The number of aliphatic hydroxyl groups is 1. The van der Waals surface area contributed by atoms with Crippen LogP contribution >= 0.6 is 0 Å². The molecule has 3 heterocycles. The zero-order chi connectivity index (χ0) is 27.4. The van der Waals surface area contributed by atoms with Crippen molar-refractivity contribution in [3.05, 3.63) is 65.7 Å². The molecule has 1 aliphatic heterocycles. The standard InChI is InChI=1S/C29H32N4O6/c1-19-22-12-13-24(33(22)32-18-31-19)29(17-30)28(36)27(38-26(35)15-21-10-6-3-7-11-21)23(39-29)16-37-25(34)14-20-8-4-2-5-9-20/h2,4-5,8-9,12-13,18,21,23,27-28,36H,3,6-7,10-11,14-16H2,1H3/t23-,27-,28-,29+/m1/s1. The number of aromatic nitrogens is 3. The first-order chi connectivity index (χ1) is 18.9. The quantitative estimate of drug-likeness (QED) is 0.434. The summed E-state index contributed by atoms with van der Waals surface area (Å²) in [6.45, 7) is 1.50. The molecule has 1 aromatic carbocycles. The van der Waals surface area contributed by atoms with Gasteiger partial charge >= 0.3 is 11.9 Å². The summed E-state index contributed by atoms with van der Waals surface area (Å²) >= 11 is 0. The second-order valence-electron chi connectivity index (χ2n) is 10.3. The normalized spacial score (nSPS) is 25.3. The van der Waals surface area contributed by atoms with Crippen molar-refractivity contribution < 1.29 is 28.9 Å². The number of fused-ring (bicyclic) bond motifs is 1. The van der Waals surface area contributed by atoms with Crippen molar-refractivity contribution in [1.82, 2.24) is 14.6 Å². The van der Waals surface area contributed by atoms with Crippen LogP contribution in [0.3, 0.4) is 0 Å². The molecule has 1 N–H and O–H groups in total. The van der Waals surface area contributed by atoms with Crippen LogP contribution in [0.1, 0.15) is 55.5 Å². The van der Waals surface area contributed by atoms with Gasteiger partial charge in [-0.15, -0.1) is 0 Å². The minimum Gasteiger partial charge on any atom is -0.463 e. The van der Waals surface area contributed by atoms with Crippen molar-refractivity contribution >= 4 is 17.5 Å². The summed E-state index contributed by atoms with van der Waals surface area (Å²) in [7, 11) is 0. The van der Waals surface area contributed by atoms with Crippen molar-refractivity contribution in [2.24, 2.45) is 5.92 Å². The van der Waals surface area contributed by atoms with Crippen molar-refractivity contribution in [2.75, 3.05) is 6.61 Å². The smallest absolute Gasteiger partial charge is 0.310 e. The van der Waals surface area contributed by atoms with Crippen molar-refractivity contribution in [3.8, 4) is 6.07 Å². The number of hydrogen-bond acceptors (Lipinski definition) is 9. The van der Waals surface area contributed by atoms with E-state index in [1.165, 1.54) is 10.8 Å². The Morgan fingerprint density at radius 3 is 2.67 bits per heavy atom. The van der Waals surface area contributed by atoms with Crippen LogP contribution in [-0.4, -0.2) is 56.6 Å². The zero-order valence-electron chi connectivity index (χ0n) is 21.9. The lowest BCUT2D eigenvalue weighted by atomic mass is 9.87. The molecule has 2 fully saturated rings. The SMILES string of the molecule is Cc1ncnn2c([C@]3(C#N)O[C@H](COC(=O)Cc4ccccc4)[C@@H](OC(=O)CC4CCCCC4)[C@H]3O)ccc12. The molecule has 0 unspecified atom stereocenters. The van der Waals surface area contributed by atoms with Gasteiger partial charge in [0.05, 0.1) is 23.3 Å². The maximum atomic E-state index is 13.0. The van der Waals surface area contributed by atoms with Gasteiger partial charge in [-0.25, -0.2) is 9.50 Å². The average molecular weight is 533 g/mol. The van der Waals surface area contributed by atoms with E-state index in [0.717, 1.165) is 37.7 Å². The number of benzene rings is 1. The molecule has 10 heteroatoms. The molecule has 39 heavy (non-hydrogen) atoms. The second-order valence-corrected chi connectivity index (χ2v) is 10.3. The minimum atomic E-state index is -1.92. The van der Waals surface area contributed by atoms with Gasteiger partial charge in [0, 0.05) is 6.42 Å². The van der Waals surface area contributed by atoms with E-state index < -0.39 is 35.9 Å². The van der Waals surface area contributed by atoms with Crippen LogP contribution in [0, 0.1) is 24.2 Å². The van der Waals surface area contributed by atoms with E-state index in [2.05, 4.69) is 16.2 Å². The average Bonchev–Trinajstić information content (AvgIpc) is 3.49. The molecule has 1 saturated carbocycles. The Hall–Kier alpha value is -3.81. The van der Waals surface area contributed by atoms with Crippen LogP contribution in [0.2, 0.25) is 0 Å². The molecule has 4 atom stereocenters. The molecule has 2 aliphatic rings. The molecule has 0 bridgehead atoms. The van der Waals surface area contributed by atoms with E-state index in [1.54, 1.807) is 19.1 Å². The number of aliphatic hydroxyl groups excluding tert-OH is 1. The Morgan fingerprint density at radius 1 is 1.15 bits per heavy atom. The topological polar surface area (TPSA) is 136 Å².